The van der Waals surface area contributed by atoms with Gasteiger partial charge >= 0.3 is 12.2 Å². The number of nitrogens with zero attached hydrogens (tertiary/aromatic N) is 4. The SMILES string of the molecule is CCN1CCN(Cc2ccc(NC(=O)Nc3ccc(Oc4ncnc5c4OCCN5)cc3F)cc2C(F)(F)F)CC1. The molecule has 0 radical (unpaired) electrons. The van der Waals surface area contributed by atoms with Gasteiger partial charge in [-0.1, -0.05) is 13.0 Å². The predicted octanol–water partition coefficient (Wildman–Crippen LogP) is 5.01. The van der Waals surface area contributed by atoms with Gasteiger partial charge in [0, 0.05) is 44.5 Å². The van der Waals surface area contributed by atoms with Crippen LogP contribution in [0.2, 0.25) is 0 Å². The molecule has 2 aliphatic rings. The first kappa shape index (κ1) is 28.4. The zero-order chi connectivity index (χ0) is 29.0. The van der Waals surface area contributed by atoms with E-state index in [1.54, 1.807) is 0 Å². The molecular formula is C27H29F4N7O3. The maximum atomic E-state index is 14.8. The van der Waals surface area contributed by atoms with Crippen LogP contribution in [-0.2, 0) is 12.7 Å². The molecule has 3 aromatic rings. The van der Waals surface area contributed by atoms with Gasteiger partial charge in [0.05, 0.1) is 17.8 Å². The molecule has 14 heteroatoms. The summed E-state index contributed by atoms with van der Waals surface area (Å²) < 4.78 is 67.6. The molecular weight excluding hydrogens is 546 g/mol. The van der Waals surface area contributed by atoms with Crippen LogP contribution in [0.25, 0.3) is 0 Å². The second-order valence-corrected chi connectivity index (χ2v) is 9.53. The summed E-state index contributed by atoms with van der Waals surface area (Å²) in [7, 11) is 0. The molecule has 1 fully saturated rings. The Morgan fingerprint density at radius 1 is 1.07 bits per heavy atom. The highest BCUT2D eigenvalue weighted by Crippen LogP contribution is 2.37. The molecule has 5 rings (SSSR count). The number of carbonyl (C=O) groups is 1. The molecule has 3 heterocycles. The molecule has 0 spiro atoms. The number of nitrogens with one attached hydrogen (secondary N) is 3. The first-order chi connectivity index (χ1) is 19.7. The van der Waals surface area contributed by atoms with Crippen molar-refractivity contribution in [2.45, 2.75) is 19.6 Å². The number of hydrogen-bond acceptors (Lipinski definition) is 8. The second kappa shape index (κ2) is 12.1. The van der Waals surface area contributed by atoms with E-state index in [4.69, 9.17) is 9.47 Å². The lowest BCUT2D eigenvalue weighted by atomic mass is 10.0. The number of likely N-dealkylation sites (N-methyl/N-ethyl adjacent to an activating group) is 1. The number of rotatable bonds is 7. The van der Waals surface area contributed by atoms with Crippen LogP contribution < -0.4 is 25.4 Å². The summed E-state index contributed by atoms with van der Waals surface area (Å²) in [5.41, 5.74) is -0.971. The highest BCUT2D eigenvalue weighted by atomic mass is 19.4. The Balaban J connectivity index is 1.23. The molecule has 1 aromatic heterocycles. The maximum Gasteiger partial charge on any atom is 0.416 e. The normalized spacial score (nSPS) is 15.8. The van der Waals surface area contributed by atoms with E-state index in [1.165, 1.54) is 30.6 Å². The number of fused-ring (bicyclic) bond motifs is 1. The first-order valence-electron chi connectivity index (χ1n) is 13.1. The number of urea groups is 1. The molecule has 0 saturated carbocycles. The smallest absolute Gasteiger partial charge is 0.416 e. The van der Waals surface area contributed by atoms with Crippen LogP contribution in [0.4, 0.5) is 39.5 Å². The molecule has 0 unspecified atom stereocenters. The Kier molecular flexibility index (Phi) is 8.40. The maximum absolute atomic E-state index is 14.8. The van der Waals surface area contributed by atoms with Gasteiger partial charge in [-0.05, 0) is 36.4 Å². The van der Waals surface area contributed by atoms with Crippen LogP contribution in [0.3, 0.4) is 0 Å². The van der Waals surface area contributed by atoms with Crippen LogP contribution in [0.5, 0.6) is 17.4 Å². The van der Waals surface area contributed by atoms with Crippen molar-refractivity contribution in [3.05, 3.63) is 59.7 Å². The first-order valence-corrected chi connectivity index (χ1v) is 13.1. The van der Waals surface area contributed by atoms with Crippen LogP contribution >= 0.6 is 0 Å². The van der Waals surface area contributed by atoms with Gasteiger partial charge < -0.3 is 30.3 Å². The quantitative estimate of drug-likeness (QED) is 0.338. The van der Waals surface area contributed by atoms with Gasteiger partial charge in [0.25, 0.3) is 5.88 Å². The minimum atomic E-state index is -4.61. The molecule has 0 aliphatic carbocycles. The number of halogens is 4. The number of alkyl halides is 3. The zero-order valence-corrected chi connectivity index (χ0v) is 22.2. The molecule has 41 heavy (non-hydrogen) atoms. The predicted molar refractivity (Wildman–Crippen MR) is 144 cm³/mol. The molecule has 2 aliphatic heterocycles. The molecule has 218 valence electrons. The summed E-state index contributed by atoms with van der Waals surface area (Å²) in [5, 5.41) is 7.70. The van der Waals surface area contributed by atoms with Gasteiger partial charge in [0.2, 0.25) is 5.75 Å². The van der Waals surface area contributed by atoms with E-state index >= 15 is 0 Å². The Morgan fingerprint density at radius 2 is 1.85 bits per heavy atom. The van der Waals surface area contributed by atoms with Gasteiger partial charge in [0.15, 0.2) is 5.82 Å². The lowest BCUT2D eigenvalue weighted by molar-refractivity contribution is -0.138. The third-order valence-electron chi connectivity index (χ3n) is 6.79. The molecule has 10 nitrogen and oxygen atoms in total. The molecule has 0 bridgehead atoms. The molecule has 1 saturated heterocycles. The summed E-state index contributed by atoms with van der Waals surface area (Å²) in [5.74, 6) is 0.101. The van der Waals surface area contributed by atoms with Crippen molar-refractivity contribution in [1.82, 2.24) is 19.8 Å². The third-order valence-corrected chi connectivity index (χ3v) is 6.79. The van der Waals surface area contributed by atoms with Crippen LogP contribution in [0, 0.1) is 5.82 Å². The number of amides is 2. The van der Waals surface area contributed by atoms with Crippen LogP contribution in [-0.4, -0.2) is 71.7 Å². The Hall–Kier alpha value is -4.17. The summed E-state index contributed by atoms with van der Waals surface area (Å²) in [6.07, 6.45) is -3.34. The molecule has 2 amide bonds. The van der Waals surface area contributed by atoms with Crippen molar-refractivity contribution in [3.63, 3.8) is 0 Å². The van der Waals surface area contributed by atoms with Crippen molar-refractivity contribution < 1.29 is 31.8 Å². The van der Waals surface area contributed by atoms with Gasteiger partial charge in [-0.2, -0.15) is 18.2 Å². The Labute approximate surface area is 233 Å². The number of piperazine rings is 1. The van der Waals surface area contributed by atoms with E-state index in [1.807, 2.05) is 4.90 Å². The minimum absolute atomic E-state index is 0.0723. The van der Waals surface area contributed by atoms with E-state index in [-0.39, 0.29) is 35.1 Å². The molecule has 0 atom stereocenters. The average molecular weight is 576 g/mol. The fourth-order valence-electron chi connectivity index (χ4n) is 4.63. The number of ether oxygens (including phenoxy) is 2. The Morgan fingerprint density at radius 3 is 2.59 bits per heavy atom. The van der Waals surface area contributed by atoms with E-state index in [0.29, 0.717) is 37.8 Å². The fraction of sp³-hybridized carbons (Fsp3) is 0.370. The average Bonchev–Trinajstić information content (AvgIpc) is 2.95. The van der Waals surface area contributed by atoms with Gasteiger partial charge in [-0.25, -0.2) is 14.2 Å². The van der Waals surface area contributed by atoms with Crippen LogP contribution in [0.1, 0.15) is 18.1 Å². The van der Waals surface area contributed by atoms with Gasteiger partial charge in [0.1, 0.15) is 24.5 Å². The summed E-state index contributed by atoms with van der Waals surface area (Å²) in [6, 6.07) is 6.46. The van der Waals surface area contributed by atoms with E-state index in [2.05, 4.69) is 37.7 Å². The fourth-order valence-corrected chi connectivity index (χ4v) is 4.63. The minimum Gasteiger partial charge on any atom is -0.483 e. The summed E-state index contributed by atoms with van der Waals surface area (Å²) in [4.78, 5) is 24.8. The van der Waals surface area contributed by atoms with Crippen molar-refractivity contribution in [2.24, 2.45) is 0 Å². The van der Waals surface area contributed by atoms with E-state index in [0.717, 1.165) is 31.8 Å². The van der Waals surface area contributed by atoms with Gasteiger partial charge in [-0.3, -0.25) is 4.90 Å². The monoisotopic (exact) mass is 575 g/mol. The number of hydrogen-bond donors (Lipinski definition) is 3. The Bertz CT molecular complexity index is 1400. The summed E-state index contributed by atoms with van der Waals surface area (Å²) in [6.45, 7) is 7.02. The van der Waals surface area contributed by atoms with Crippen molar-refractivity contribution in [3.8, 4) is 17.4 Å². The topological polar surface area (TPSA) is 104 Å². The van der Waals surface area contributed by atoms with Gasteiger partial charge in [-0.15, -0.1) is 0 Å². The number of anilines is 3. The standard InChI is InChI=1S/C27H29F4N7O3/c1-2-37-8-10-38(11-9-37)15-17-3-4-18(13-20(17)27(29,30)31)35-26(39)36-22-6-5-19(14-21(22)28)41-25-23-24(33-16-34-25)32-7-12-40-23/h3-6,13-14,16H,2,7-12,15H2,1H3,(H,32,33,34)(H2,35,36,39). The van der Waals surface area contributed by atoms with Crippen molar-refractivity contribution in [1.29, 1.82) is 0 Å². The lowest BCUT2D eigenvalue weighted by Gasteiger charge is -2.34. The molecule has 2 aromatic carbocycles. The van der Waals surface area contributed by atoms with E-state index in [9.17, 15) is 22.4 Å². The highest BCUT2D eigenvalue weighted by molar-refractivity contribution is 6.00. The van der Waals surface area contributed by atoms with Crippen molar-refractivity contribution in [2.75, 3.05) is 61.8 Å². The zero-order valence-electron chi connectivity index (χ0n) is 22.2. The molecule has 3 N–H and O–H groups in total. The summed E-state index contributed by atoms with van der Waals surface area (Å²) >= 11 is 0. The second-order valence-electron chi connectivity index (χ2n) is 9.53. The number of benzene rings is 2. The van der Waals surface area contributed by atoms with Crippen molar-refractivity contribution >= 4 is 23.2 Å². The largest absolute Gasteiger partial charge is 0.483 e. The number of aromatic nitrogens is 2. The highest BCUT2D eigenvalue weighted by Gasteiger charge is 2.34. The lowest BCUT2D eigenvalue weighted by Crippen LogP contribution is -2.45. The van der Waals surface area contributed by atoms with Crippen LogP contribution in [0.15, 0.2) is 42.7 Å². The number of carbonyl (C=O) groups excluding carboxylic acids is 1. The van der Waals surface area contributed by atoms with E-state index < -0.39 is 23.6 Å². The third kappa shape index (κ3) is 6.95.